The van der Waals surface area contributed by atoms with E-state index in [4.69, 9.17) is 0 Å². The highest BCUT2D eigenvalue weighted by Gasteiger charge is 2.31. The molecule has 1 aliphatic heterocycles. The van der Waals surface area contributed by atoms with Gasteiger partial charge >= 0.3 is 0 Å². The number of pyridine rings is 1. The third-order valence-corrected chi connectivity index (χ3v) is 5.90. The van der Waals surface area contributed by atoms with Crippen molar-refractivity contribution in [2.45, 2.75) is 23.8 Å². The molecule has 2 heterocycles. The lowest BCUT2D eigenvalue weighted by atomic mass is 10.1. The van der Waals surface area contributed by atoms with Crippen LogP contribution in [-0.2, 0) is 0 Å². The minimum absolute atomic E-state index is 0.118. The van der Waals surface area contributed by atoms with Gasteiger partial charge in [0.1, 0.15) is 0 Å². The van der Waals surface area contributed by atoms with Gasteiger partial charge < -0.3 is 0 Å². The van der Waals surface area contributed by atoms with Gasteiger partial charge in [-0.3, -0.25) is 9.78 Å². The molecule has 1 aliphatic rings. The summed E-state index contributed by atoms with van der Waals surface area (Å²) in [6.07, 6.45) is 4.44. The Balaban J connectivity index is 2.14. The second kappa shape index (κ2) is 5.73. The van der Waals surface area contributed by atoms with E-state index in [1.807, 2.05) is 23.9 Å². The first-order chi connectivity index (χ1) is 7.83. The zero-order valence-electron chi connectivity index (χ0n) is 9.26. The van der Waals surface area contributed by atoms with Gasteiger partial charge in [0.15, 0.2) is 5.78 Å². The van der Waals surface area contributed by atoms with Crippen molar-refractivity contribution in [3.05, 3.63) is 30.1 Å². The minimum Gasteiger partial charge on any atom is -0.293 e. The predicted molar refractivity (Wildman–Crippen MR) is 71.4 cm³/mol. The summed E-state index contributed by atoms with van der Waals surface area (Å²) in [4.78, 5) is 16.3. The second-order valence-corrected chi connectivity index (χ2v) is 6.31. The smallest absolute Gasteiger partial charge is 0.178 e. The number of hydrogen-bond donors (Lipinski definition) is 0. The zero-order valence-corrected chi connectivity index (χ0v) is 10.9. The van der Waals surface area contributed by atoms with Crippen molar-refractivity contribution in [1.29, 1.82) is 0 Å². The molecule has 1 fully saturated rings. The Morgan fingerprint density at radius 3 is 3.00 bits per heavy atom. The summed E-state index contributed by atoms with van der Waals surface area (Å²) < 4.78 is 0. The van der Waals surface area contributed by atoms with Gasteiger partial charge in [0.2, 0.25) is 0 Å². The molecule has 0 amide bonds. The van der Waals surface area contributed by atoms with Crippen LogP contribution in [0.4, 0.5) is 0 Å². The predicted octanol–water partition coefficient (Wildman–Crippen LogP) is 2.89. The van der Waals surface area contributed by atoms with Crippen LogP contribution in [-0.4, -0.2) is 32.8 Å². The molecule has 1 saturated heterocycles. The molecular formula is C12H15NOS2. The number of Topliss-reactive ketones (excluding diaryl/α,β-unsaturated/α-hetero) is 1. The van der Waals surface area contributed by atoms with Gasteiger partial charge in [-0.15, -0.1) is 11.8 Å². The fourth-order valence-electron chi connectivity index (χ4n) is 1.82. The Morgan fingerprint density at radius 2 is 2.31 bits per heavy atom. The summed E-state index contributed by atoms with van der Waals surface area (Å²) in [6.45, 7) is 2.16. The van der Waals surface area contributed by atoms with E-state index in [0.717, 1.165) is 17.7 Å². The molecule has 86 valence electrons. The summed E-state index contributed by atoms with van der Waals surface area (Å²) >= 11 is 3.73. The average molecular weight is 253 g/mol. The number of rotatable bonds is 3. The standard InChI is InChI=1S/C12H15NOS2/c1-2-10-12(16-7-6-15-10)11(14)9-4-3-5-13-8-9/h3-5,8,10,12H,2,6-7H2,1H3. The van der Waals surface area contributed by atoms with E-state index in [2.05, 4.69) is 11.9 Å². The van der Waals surface area contributed by atoms with Gasteiger partial charge in [0.25, 0.3) is 0 Å². The van der Waals surface area contributed by atoms with Crippen molar-refractivity contribution in [1.82, 2.24) is 4.98 Å². The van der Waals surface area contributed by atoms with Crippen LogP contribution in [0.3, 0.4) is 0 Å². The van der Waals surface area contributed by atoms with Gasteiger partial charge in [-0.05, 0) is 18.6 Å². The summed E-state index contributed by atoms with van der Waals surface area (Å²) in [7, 11) is 0. The molecule has 0 aromatic carbocycles. The van der Waals surface area contributed by atoms with E-state index < -0.39 is 0 Å². The number of aromatic nitrogens is 1. The monoisotopic (exact) mass is 253 g/mol. The highest BCUT2D eigenvalue weighted by atomic mass is 32.2. The van der Waals surface area contributed by atoms with Crippen LogP contribution in [0.1, 0.15) is 23.7 Å². The summed E-state index contributed by atoms with van der Waals surface area (Å²) in [5.41, 5.74) is 0.751. The maximum absolute atomic E-state index is 12.3. The first-order valence-corrected chi connectivity index (χ1v) is 7.60. The molecule has 2 unspecified atom stereocenters. The molecule has 0 bridgehead atoms. The second-order valence-electron chi connectivity index (χ2n) is 3.71. The number of thioether (sulfide) groups is 2. The average Bonchev–Trinajstić information content (AvgIpc) is 2.39. The third kappa shape index (κ3) is 2.61. The molecule has 0 aliphatic carbocycles. The van der Waals surface area contributed by atoms with Gasteiger partial charge in [0, 0.05) is 34.7 Å². The van der Waals surface area contributed by atoms with E-state index in [1.165, 1.54) is 5.75 Å². The van der Waals surface area contributed by atoms with E-state index in [9.17, 15) is 4.79 Å². The molecule has 1 aromatic heterocycles. The number of ketones is 1. The number of nitrogens with zero attached hydrogens (tertiary/aromatic N) is 1. The van der Waals surface area contributed by atoms with E-state index in [0.29, 0.717) is 5.25 Å². The van der Waals surface area contributed by atoms with Crippen molar-refractivity contribution in [2.24, 2.45) is 0 Å². The molecule has 0 saturated carbocycles. The molecular weight excluding hydrogens is 238 g/mol. The largest absolute Gasteiger partial charge is 0.293 e. The Kier molecular flexibility index (Phi) is 4.29. The molecule has 2 atom stereocenters. The third-order valence-electron chi connectivity index (χ3n) is 2.66. The van der Waals surface area contributed by atoms with Crippen molar-refractivity contribution in [2.75, 3.05) is 11.5 Å². The number of carbonyl (C=O) groups is 1. The number of carbonyl (C=O) groups excluding carboxylic acids is 1. The van der Waals surface area contributed by atoms with Gasteiger partial charge in [-0.2, -0.15) is 11.8 Å². The Bertz CT molecular complexity index is 355. The normalized spacial score (nSPS) is 25.3. The topological polar surface area (TPSA) is 30.0 Å². The molecule has 2 rings (SSSR count). The maximum atomic E-state index is 12.3. The lowest BCUT2D eigenvalue weighted by Crippen LogP contribution is -2.32. The van der Waals surface area contributed by atoms with E-state index in [-0.39, 0.29) is 11.0 Å². The Hall–Kier alpha value is -0.480. The van der Waals surface area contributed by atoms with E-state index in [1.54, 1.807) is 24.2 Å². The lowest BCUT2D eigenvalue weighted by molar-refractivity contribution is 0.0987. The summed E-state index contributed by atoms with van der Waals surface area (Å²) in [6, 6.07) is 3.69. The van der Waals surface area contributed by atoms with Crippen molar-refractivity contribution in [3.8, 4) is 0 Å². The van der Waals surface area contributed by atoms with Crippen LogP contribution < -0.4 is 0 Å². The van der Waals surface area contributed by atoms with Gasteiger partial charge in [-0.25, -0.2) is 0 Å². The fourth-order valence-corrected chi connectivity index (χ4v) is 4.85. The maximum Gasteiger partial charge on any atom is 0.178 e. The molecule has 4 heteroatoms. The van der Waals surface area contributed by atoms with Gasteiger partial charge in [-0.1, -0.05) is 6.92 Å². The summed E-state index contributed by atoms with van der Waals surface area (Å²) in [5.74, 6) is 2.50. The Labute approximate surface area is 105 Å². The van der Waals surface area contributed by atoms with Crippen LogP contribution in [0.5, 0.6) is 0 Å². The van der Waals surface area contributed by atoms with Crippen molar-refractivity contribution < 1.29 is 4.79 Å². The van der Waals surface area contributed by atoms with Crippen LogP contribution in [0.15, 0.2) is 24.5 Å². The van der Waals surface area contributed by atoms with Crippen molar-refractivity contribution >= 4 is 29.3 Å². The molecule has 2 nitrogen and oxygen atoms in total. The zero-order chi connectivity index (χ0) is 11.4. The van der Waals surface area contributed by atoms with Gasteiger partial charge in [0.05, 0.1) is 5.25 Å². The fraction of sp³-hybridized carbons (Fsp3) is 0.500. The van der Waals surface area contributed by atoms with Crippen LogP contribution >= 0.6 is 23.5 Å². The quantitative estimate of drug-likeness (QED) is 0.775. The first-order valence-electron chi connectivity index (χ1n) is 5.50. The molecule has 0 spiro atoms. The highest BCUT2D eigenvalue weighted by molar-refractivity contribution is 8.07. The highest BCUT2D eigenvalue weighted by Crippen LogP contribution is 2.34. The molecule has 0 N–H and O–H groups in total. The molecule has 1 aromatic rings. The summed E-state index contributed by atoms with van der Waals surface area (Å²) in [5, 5.41) is 0.583. The SMILES string of the molecule is CCC1SCCSC1C(=O)c1cccnc1. The lowest BCUT2D eigenvalue weighted by Gasteiger charge is -2.28. The molecule has 16 heavy (non-hydrogen) atoms. The number of hydrogen-bond acceptors (Lipinski definition) is 4. The van der Waals surface area contributed by atoms with Crippen LogP contribution in [0, 0.1) is 0 Å². The Morgan fingerprint density at radius 1 is 1.50 bits per heavy atom. The minimum atomic E-state index is 0.118. The first kappa shape index (κ1) is 12.0. The van der Waals surface area contributed by atoms with E-state index >= 15 is 0 Å². The van der Waals surface area contributed by atoms with Crippen molar-refractivity contribution in [3.63, 3.8) is 0 Å². The van der Waals surface area contributed by atoms with Crippen LogP contribution in [0.2, 0.25) is 0 Å². The van der Waals surface area contributed by atoms with Crippen LogP contribution in [0.25, 0.3) is 0 Å². The molecule has 0 radical (unpaired) electrons.